The zero-order valence-electron chi connectivity index (χ0n) is 9.37. The summed E-state index contributed by atoms with van der Waals surface area (Å²) in [6, 6.07) is 5.86. The third-order valence-corrected chi connectivity index (χ3v) is 2.98. The molecule has 1 aromatic carbocycles. The summed E-state index contributed by atoms with van der Waals surface area (Å²) in [7, 11) is 3.67. The minimum atomic E-state index is 0.409. The smallest absolute Gasteiger partial charge is 0.106 e. The van der Waals surface area contributed by atoms with Crippen molar-refractivity contribution in [2.75, 3.05) is 32.2 Å². The molecule has 3 nitrogen and oxygen atoms in total. The fraction of sp³-hybridized carbons (Fsp3) is 0.364. The maximum atomic E-state index is 5.69. The van der Waals surface area contributed by atoms with Crippen LogP contribution in [0, 0.1) is 0 Å². The molecule has 0 spiro atoms. The molecule has 1 rings (SSSR count). The lowest BCUT2D eigenvalue weighted by atomic mass is 10.1. The molecule has 0 aliphatic rings. The summed E-state index contributed by atoms with van der Waals surface area (Å²) < 4.78 is 6.05. The van der Waals surface area contributed by atoms with Crippen molar-refractivity contribution in [3.05, 3.63) is 28.2 Å². The highest BCUT2D eigenvalue weighted by Gasteiger charge is 2.09. The molecule has 0 saturated carbocycles. The van der Waals surface area contributed by atoms with Gasteiger partial charge in [-0.3, -0.25) is 0 Å². The Morgan fingerprint density at radius 2 is 2.25 bits per heavy atom. The van der Waals surface area contributed by atoms with E-state index in [2.05, 4.69) is 20.8 Å². The second-order valence-electron chi connectivity index (χ2n) is 3.44. The second kappa shape index (κ2) is 6.18. The first-order valence-corrected chi connectivity index (χ1v) is 6.06. The number of benzene rings is 1. The lowest BCUT2D eigenvalue weighted by Gasteiger charge is -2.22. The number of methoxy groups -OCH3 is 1. The van der Waals surface area contributed by atoms with Gasteiger partial charge in [0.05, 0.1) is 6.61 Å². The van der Waals surface area contributed by atoms with Gasteiger partial charge < -0.3 is 15.4 Å². The number of hydrogen-bond acceptors (Lipinski definition) is 3. The van der Waals surface area contributed by atoms with Crippen LogP contribution in [0.3, 0.4) is 0 Å². The molecule has 0 radical (unpaired) electrons. The van der Waals surface area contributed by atoms with Crippen LogP contribution in [0.4, 0.5) is 5.69 Å². The maximum Gasteiger partial charge on any atom is 0.106 e. The van der Waals surface area contributed by atoms with E-state index in [9.17, 15) is 0 Å². The number of anilines is 1. The molecule has 2 N–H and O–H groups in total. The summed E-state index contributed by atoms with van der Waals surface area (Å²) >= 11 is 8.47. The average Bonchev–Trinajstić information content (AvgIpc) is 2.25. The van der Waals surface area contributed by atoms with Crippen LogP contribution in [0.25, 0.3) is 0 Å². The summed E-state index contributed by atoms with van der Waals surface area (Å²) in [5.74, 6) is 0. The van der Waals surface area contributed by atoms with Crippen LogP contribution in [0.5, 0.6) is 0 Å². The Balaban J connectivity index is 2.99. The molecule has 0 unspecified atom stereocenters. The van der Waals surface area contributed by atoms with Crippen LogP contribution in [-0.2, 0) is 4.74 Å². The molecule has 0 saturated heterocycles. The van der Waals surface area contributed by atoms with Crippen LogP contribution >= 0.6 is 28.1 Å². The van der Waals surface area contributed by atoms with Crippen molar-refractivity contribution in [2.24, 2.45) is 5.73 Å². The predicted molar refractivity (Wildman–Crippen MR) is 75.2 cm³/mol. The molecular weight excluding hydrogens is 288 g/mol. The largest absolute Gasteiger partial charge is 0.389 e. The highest BCUT2D eigenvalue weighted by molar-refractivity contribution is 9.10. The van der Waals surface area contributed by atoms with Crippen molar-refractivity contribution < 1.29 is 4.74 Å². The number of nitrogens with zero attached hydrogens (tertiary/aromatic N) is 1. The Bertz CT molecular complexity index is 384. The number of rotatable bonds is 5. The van der Waals surface area contributed by atoms with E-state index in [0.29, 0.717) is 11.6 Å². The molecule has 0 aromatic heterocycles. The maximum absolute atomic E-state index is 5.69. The molecule has 5 heteroatoms. The highest BCUT2D eigenvalue weighted by Crippen LogP contribution is 2.24. The van der Waals surface area contributed by atoms with Crippen LogP contribution in [0.1, 0.15) is 5.56 Å². The van der Waals surface area contributed by atoms with E-state index in [0.717, 1.165) is 22.3 Å². The van der Waals surface area contributed by atoms with E-state index in [1.807, 2.05) is 25.2 Å². The SMILES string of the molecule is COCCN(C)c1cc(Br)ccc1C(N)=S. The molecule has 0 heterocycles. The number of halogens is 1. The summed E-state index contributed by atoms with van der Waals surface area (Å²) in [5.41, 5.74) is 7.59. The monoisotopic (exact) mass is 302 g/mol. The summed E-state index contributed by atoms with van der Waals surface area (Å²) in [6.07, 6.45) is 0. The normalized spacial score (nSPS) is 10.2. The van der Waals surface area contributed by atoms with Gasteiger partial charge in [-0.15, -0.1) is 0 Å². The molecule has 0 bridgehead atoms. The fourth-order valence-electron chi connectivity index (χ4n) is 1.38. The molecule has 88 valence electrons. The predicted octanol–water partition coefficient (Wildman–Crippen LogP) is 2.17. The van der Waals surface area contributed by atoms with Gasteiger partial charge in [0.1, 0.15) is 4.99 Å². The first kappa shape index (κ1) is 13.4. The standard InChI is InChI=1S/C11H15BrN2OS/c1-14(5-6-15-2)10-7-8(12)3-4-9(10)11(13)16/h3-4,7H,5-6H2,1-2H3,(H2,13,16). The number of hydrogen-bond donors (Lipinski definition) is 1. The molecule has 16 heavy (non-hydrogen) atoms. The molecule has 0 fully saturated rings. The molecule has 1 aromatic rings. The van der Waals surface area contributed by atoms with E-state index in [4.69, 9.17) is 22.7 Å². The Labute approximate surface area is 110 Å². The lowest BCUT2D eigenvalue weighted by molar-refractivity contribution is 0.206. The Hall–Kier alpha value is -0.650. The van der Waals surface area contributed by atoms with Gasteiger partial charge in [0.25, 0.3) is 0 Å². The van der Waals surface area contributed by atoms with Crippen molar-refractivity contribution in [3.63, 3.8) is 0 Å². The van der Waals surface area contributed by atoms with E-state index in [1.165, 1.54) is 0 Å². The van der Waals surface area contributed by atoms with Crippen molar-refractivity contribution in [1.82, 2.24) is 0 Å². The number of nitrogens with two attached hydrogens (primary N) is 1. The van der Waals surface area contributed by atoms with Gasteiger partial charge in [-0.25, -0.2) is 0 Å². The van der Waals surface area contributed by atoms with Crippen molar-refractivity contribution >= 4 is 38.8 Å². The number of likely N-dealkylation sites (N-methyl/N-ethyl adjacent to an activating group) is 1. The van der Waals surface area contributed by atoms with Crippen LogP contribution in [0.15, 0.2) is 22.7 Å². The summed E-state index contributed by atoms with van der Waals surface area (Å²) in [4.78, 5) is 2.48. The highest BCUT2D eigenvalue weighted by atomic mass is 79.9. The fourth-order valence-corrected chi connectivity index (χ4v) is 1.90. The van der Waals surface area contributed by atoms with Gasteiger partial charge in [-0.2, -0.15) is 0 Å². The van der Waals surface area contributed by atoms with Gasteiger partial charge in [0, 0.05) is 36.4 Å². The summed E-state index contributed by atoms with van der Waals surface area (Å²) in [5, 5.41) is 0. The minimum absolute atomic E-state index is 0.409. The average molecular weight is 303 g/mol. The number of ether oxygens (including phenoxy) is 1. The summed E-state index contributed by atoms with van der Waals surface area (Å²) in [6.45, 7) is 1.46. The molecule has 0 aliphatic carbocycles. The molecule has 0 aliphatic heterocycles. The van der Waals surface area contributed by atoms with Gasteiger partial charge in [-0.05, 0) is 18.2 Å². The van der Waals surface area contributed by atoms with E-state index < -0.39 is 0 Å². The van der Waals surface area contributed by atoms with Crippen molar-refractivity contribution in [2.45, 2.75) is 0 Å². The minimum Gasteiger partial charge on any atom is -0.389 e. The number of thiocarbonyl (C=S) groups is 1. The second-order valence-corrected chi connectivity index (χ2v) is 4.80. The van der Waals surface area contributed by atoms with Gasteiger partial charge in [0.15, 0.2) is 0 Å². The van der Waals surface area contributed by atoms with E-state index >= 15 is 0 Å². The molecule has 0 atom stereocenters. The van der Waals surface area contributed by atoms with Crippen LogP contribution in [-0.4, -0.2) is 32.3 Å². The lowest BCUT2D eigenvalue weighted by Crippen LogP contribution is -2.25. The Kier molecular flexibility index (Phi) is 5.18. The third-order valence-electron chi connectivity index (χ3n) is 2.27. The van der Waals surface area contributed by atoms with Crippen LogP contribution < -0.4 is 10.6 Å². The van der Waals surface area contributed by atoms with E-state index in [1.54, 1.807) is 7.11 Å². The quantitative estimate of drug-likeness (QED) is 0.846. The Morgan fingerprint density at radius 1 is 1.56 bits per heavy atom. The first-order valence-electron chi connectivity index (χ1n) is 4.85. The third kappa shape index (κ3) is 3.43. The molecular formula is C11H15BrN2OS. The van der Waals surface area contributed by atoms with Crippen molar-refractivity contribution in [3.8, 4) is 0 Å². The first-order chi connectivity index (χ1) is 7.56. The van der Waals surface area contributed by atoms with Gasteiger partial charge in [0.2, 0.25) is 0 Å². The van der Waals surface area contributed by atoms with Gasteiger partial charge >= 0.3 is 0 Å². The zero-order chi connectivity index (χ0) is 12.1. The zero-order valence-corrected chi connectivity index (χ0v) is 11.8. The van der Waals surface area contributed by atoms with Crippen molar-refractivity contribution in [1.29, 1.82) is 0 Å². The Morgan fingerprint density at radius 3 is 2.81 bits per heavy atom. The van der Waals surface area contributed by atoms with E-state index in [-0.39, 0.29) is 0 Å². The topological polar surface area (TPSA) is 38.5 Å². The van der Waals surface area contributed by atoms with Crippen LogP contribution in [0.2, 0.25) is 0 Å². The van der Waals surface area contributed by atoms with Gasteiger partial charge in [-0.1, -0.05) is 28.1 Å². The molecule has 0 amide bonds.